The highest BCUT2D eigenvalue weighted by Crippen LogP contribution is 2.25. The molecule has 0 saturated carbocycles. The molecular formula is C16H9ClO4. The van der Waals surface area contributed by atoms with E-state index in [0.717, 1.165) is 6.07 Å². The number of fused-ring (bicyclic) bond motifs is 1. The van der Waals surface area contributed by atoms with Crippen LogP contribution in [0.1, 0.15) is 10.4 Å². The van der Waals surface area contributed by atoms with E-state index >= 15 is 0 Å². The third-order valence-corrected chi connectivity index (χ3v) is 3.24. The summed E-state index contributed by atoms with van der Waals surface area (Å²) in [6.07, 6.45) is 0. The maximum atomic E-state index is 12.2. The van der Waals surface area contributed by atoms with Gasteiger partial charge in [-0.2, -0.15) is 0 Å². The number of carbonyl (C=O) groups is 1. The highest BCUT2D eigenvalue weighted by Gasteiger charge is 2.15. The van der Waals surface area contributed by atoms with Crippen LogP contribution in [-0.2, 0) is 0 Å². The summed E-state index contributed by atoms with van der Waals surface area (Å²) >= 11 is 5.95. The van der Waals surface area contributed by atoms with E-state index in [1.165, 1.54) is 0 Å². The zero-order chi connectivity index (χ0) is 14.8. The second kappa shape index (κ2) is 5.42. The van der Waals surface area contributed by atoms with E-state index in [9.17, 15) is 9.59 Å². The Hall–Kier alpha value is -2.59. The summed E-state index contributed by atoms with van der Waals surface area (Å²) in [6.45, 7) is 0. The average Bonchev–Trinajstić information content (AvgIpc) is 2.47. The van der Waals surface area contributed by atoms with E-state index in [-0.39, 0.29) is 16.3 Å². The lowest BCUT2D eigenvalue weighted by atomic mass is 10.2. The van der Waals surface area contributed by atoms with Crippen LogP contribution >= 0.6 is 11.6 Å². The van der Waals surface area contributed by atoms with E-state index in [0.29, 0.717) is 11.0 Å². The number of benzene rings is 2. The molecule has 0 saturated heterocycles. The molecule has 0 spiro atoms. The first-order valence-electron chi connectivity index (χ1n) is 6.15. The molecule has 1 heterocycles. The van der Waals surface area contributed by atoms with Crippen LogP contribution in [0.25, 0.3) is 11.0 Å². The van der Waals surface area contributed by atoms with E-state index in [1.807, 2.05) is 0 Å². The Kier molecular flexibility index (Phi) is 3.46. The van der Waals surface area contributed by atoms with Gasteiger partial charge in [0.05, 0.1) is 22.0 Å². The van der Waals surface area contributed by atoms with Gasteiger partial charge in [0, 0.05) is 0 Å². The van der Waals surface area contributed by atoms with E-state index in [4.69, 9.17) is 20.8 Å². The highest BCUT2D eigenvalue weighted by molar-refractivity contribution is 6.33. The number of hydrogen-bond donors (Lipinski definition) is 0. The van der Waals surface area contributed by atoms with Gasteiger partial charge in [-0.1, -0.05) is 35.9 Å². The van der Waals surface area contributed by atoms with Gasteiger partial charge in [0.25, 0.3) is 0 Å². The Morgan fingerprint density at radius 3 is 2.57 bits per heavy atom. The van der Waals surface area contributed by atoms with Crippen molar-refractivity contribution in [3.8, 4) is 5.75 Å². The molecule has 3 rings (SSSR count). The quantitative estimate of drug-likeness (QED) is 0.535. The molecule has 0 aliphatic rings. The predicted octanol–water partition coefficient (Wildman–Crippen LogP) is 3.67. The molecule has 0 aliphatic heterocycles. The minimum atomic E-state index is -0.628. The molecule has 0 amide bonds. The van der Waals surface area contributed by atoms with Gasteiger partial charge in [0.1, 0.15) is 11.3 Å². The van der Waals surface area contributed by atoms with Crippen molar-refractivity contribution in [3.63, 3.8) is 0 Å². The molecule has 0 radical (unpaired) electrons. The lowest BCUT2D eigenvalue weighted by molar-refractivity contribution is 0.0736. The monoisotopic (exact) mass is 300 g/mol. The van der Waals surface area contributed by atoms with Crippen LogP contribution in [0.2, 0.25) is 5.02 Å². The molecule has 0 fully saturated rings. The summed E-state index contributed by atoms with van der Waals surface area (Å²) in [5.74, 6) is -0.483. The lowest BCUT2D eigenvalue weighted by Gasteiger charge is -2.07. The molecule has 0 aliphatic carbocycles. The van der Waals surface area contributed by atoms with Gasteiger partial charge in [-0.15, -0.1) is 0 Å². The van der Waals surface area contributed by atoms with Crippen LogP contribution in [0.5, 0.6) is 5.75 Å². The topological polar surface area (TPSA) is 56.5 Å². The van der Waals surface area contributed by atoms with E-state index < -0.39 is 11.6 Å². The maximum absolute atomic E-state index is 12.2. The summed E-state index contributed by atoms with van der Waals surface area (Å²) in [7, 11) is 0. The molecule has 4 nitrogen and oxygen atoms in total. The van der Waals surface area contributed by atoms with Gasteiger partial charge in [0.2, 0.25) is 0 Å². The number of halogens is 1. The minimum Gasteiger partial charge on any atom is -0.422 e. The molecule has 1 aromatic heterocycles. The second-order valence-corrected chi connectivity index (χ2v) is 4.70. The van der Waals surface area contributed by atoms with Crippen molar-refractivity contribution in [2.24, 2.45) is 0 Å². The van der Waals surface area contributed by atoms with Crippen molar-refractivity contribution in [1.29, 1.82) is 0 Å². The number of esters is 1. The smallest absolute Gasteiger partial charge is 0.345 e. The SMILES string of the molecule is O=C(Oc1cc(=O)oc2ccccc12)c1ccccc1Cl. The van der Waals surface area contributed by atoms with Crippen molar-refractivity contribution in [1.82, 2.24) is 0 Å². The molecule has 5 heteroatoms. The van der Waals surface area contributed by atoms with Crippen LogP contribution in [0.3, 0.4) is 0 Å². The van der Waals surface area contributed by atoms with Crippen molar-refractivity contribution in [2.45, 2.75) is 0 Å². The van der Waals surface area contributed by atoms with Crippen molar-refractivity contribution in [2.75, 3.05) is 0 Å². The Morgan fingerprint density at radius 2 is 1.76 bits per heavy atom. The molecule has 3 aromatic rings. The Balaban J connectivity index is 2.04. The molecule has 21 heavy (non-hydrogen) atoms. The summed E-state index contributed by atoms with van der Waals surface area (Å²) in [6, 6.07) is 14.5. The zero-order valence-electron chi connectivity index (χ0n) is 10.7. The van der Waals surface area contributed by atoms with Gasteiger partial charge >= 0.3 is 11.6 Å². The Morgan fingerprint density at radius 1 is 1.05 bits per heavy atom. The maximum Gasteiger partial charge on any atom is 0.345 e. The fourth-order valence-electron chi connectivity index (χ4n) is 1.95. The first-order valence-corrected chi connectivity index (χ1v) is 6.52. The summed E-state index contributed by atoms with van der Waals surface area (Å²) in [5.41, 5.74) is -0.000828. The van der Waals surface area contributed by atoms with Crippen molar-refractivity contribution < 1.29 is 13.9 Å². The average molecular weight is 301 g/mol. The first-order chi connectivity index (χ1) is 10.1. The van der Waals surface area contributed by atoms with Gasteiger partial charge in [0.15, 0.2) is 0 Å². The Labute approximate surface area is 124 Å². The normalized spacial score (nSPS) is 10.5. The van der Waals surface area contributed by atoms with Gasteiger partial charge < -0.3 is 9.15 Å². The number of para-hydroxylation sites is 1. The van der Waals surface area contributed by atoms with Gasteiger partial charge in [-0.3, -0.25) is 0 Å². The molecule has 104 valence electrons. The van der Waals surface area contributed by atoms with Crippen LogP contribution in [0, 0.1) is 0 Å². The van der Waals surface area contributed by atoms with E-state index in [2.05, 4.69) is 0 Å². The van der Waals surface area contributed by atoms with E-state index in [1.54, 1.807) is 48.5 Å². The standard InChI is InChI=1S/C16H9ClO4/c17-12-7-3-1-5-10(12)16(19)21-14-9-15(18)20-13-8-4-2-6-11(13)14/h1-9H. The number of hydrogen-bond acceptors (Lipinski definition) is 4. The summed E-state index contributed by atoms with van der Waals surface area (Å²) in [5, 5.41) is 0.826. The summed E-state index contributed by atoms with van der Waals surface area (Å²) in [4.78, 5) is 23.7. The fourth-order valence-corrected chi connectivity index (χ4v) is 2.16. The van der Waals surface area contributed by atoms with Crippen molar-refractivity contribution in [3.05, 3.63) is 75.6 Å². The molecule has 0 atom stereocenters. The van der Waals surface area contributed by atoms with Crippen LogP contribution in [0.4, 0.5) is 0 Å². The molecule has 0 N–H and O–H groups in total. The van der Waals surface area contributed by atoms with Gasteiger partial charge in [-0.25, -0.2) is 9.59 Å². The Bertz CT molecular complexity index is 883. The predicted molar refractivity (Wildman–Crippen MR) is 78.9 cm³/mol. The number of carbonyl (C=O) groups excluding carboxylic acids is 1. The lowest BCUT2D eigenvalue weighted by Crippen LogP contribution is -2.11. The molecule has 2 aromatic carbocycles. The number of rotatable bonds is 2. The third-order valence-electron chi connectivity index (χ3n) is 2.91. The fraction of sp³-hybridized carbons (Fsp3) is 0. The van der Waals surface area contributed by atoms with Crippen molar-refractivity contribution >= 4 is 28.5 Å². The van der Waals surface area contributed by atoms with Crippen LogP contribution in [0.15, 0.2) is 63.8 Å². The summed E-state index contributed by atoms with van der Waals surface area (Å²) < 4.78 is 10.3. The largest absolute Gasteiger partial charge is 0.422 e. The molecule has 0 unspecified atom stereocenters. The number of ether oxygens (including phenoxy) is 1. The minimum absolute atomic E-state index is 0.145. The first kappa shape index (κ1) is 13.4. The van der Waals surface area contributed by atoms with Crippen LogP contribution in [-0.4, -0.2) is 5.97 Å². The molecular weight excluding hydrogens is 292 g/mol. The zero-order valence-corrected chi connectivity index (χ0v) is 11.5. The van der Waals surface area contributed by atoms with Crippen LogP contribution < -0.4 is 10.4 Å². The van der Waals surface area contributed by atoms with Gasteiger partial charge in [-0.05, 0) is 24.3 Å². The second-order valence-electron chi connectivity index (χ2n) is 4.30. The highest BCUT2D eigenvalue weighted by atomic mass is 35.5. The molecule has 0 bridgehead atoms. The third kappa shape index (κ3) is 2.66.